The van der Waals surface area contributed by atoms with Crippen LogP contribution >= 0.6 is 0 Å². The topological polar surface area (TPSA) is 92.7 Å². The van der Waals surface area contributed by atoms with E-state index >= 15 is 0 Å². The van der Waals surface area contributed by atoms with Crippen LogP contribution in [0.15, 0.2) is 0 Å². The first-order valence-electron chi connectivity index (χ1n) is 7.91. The summed E-state index contributed by atoms with van der Waals surface area (Å²) in [6.07, 6.45) is 5.39. The molecule has 0 aromatic heterocycles. The molecule has 0 spiro atoms. The molecule has 6 heteroatoms. The molecule has 0 fully saturated rings. The smallest absolute Gasteiger partial charge is 0.222 e. The lowest BCUT2D eigenvalue weighted by molar-refractivity contribution is -0.130. The second kappa shape index (κ2) is 12.6. The van der Waals surface area contributed by atoms with E-state index < -0.39 is 0 Å². The average molecular weight is 300 g/mol. The van der Waals surface area contributed by atoms with Crippen molar-refractivity contribution in [2.45, 2.75) is 44.9 Å². The Morgan fingerprint density at radius 2 is 1.10 bits per heavy atom. The number of hydrogen-bond acceptors (Lipinski definition) is 4. The maximum absolute atomic E-state index is 11.8. The zero-order chi connectivity index (χ0) is 16.1. The van der Waals surface area contributed by atoms with Crippen molar-refractivity contribution in [3.63, 3.8) is 0 Å². The molecule has 0 aliphatic rings. The summed E-state index contributed by atoms with van der Waals surface area (Å²) in [7, 11) is 3.63. The van der Waals surface area contributed by atoms with Crippen molar-refractivity contribution in [1.82, 2.24) is 9.80 Å². The molecule has 0 saturated carbocycles. The molecule has 21 heavy (non-hydrogen) atoms. The zero-order valence-corrected chi connectivity index (χ0v) is 13.6. The molecule has 0 aliphatic heterocycles. The van der Waals surface area contributed by atoms with Gasteiger partial charge in [0.05, 0.1) is 0 Å². The molecule has 0 unspecified atom stereocenters. The molecule has 4 N–H and O–H groups in total. The van der Waals surface area contributed by atoms with Gasteiger partial charge in [0.15, 0.2) is 0 Å². The highest BCUT2D eigenvalue weighted by Gasteiger charge is 2.10. The highest BCUT2D eigenvalue weighted by Crippen LogP contribution is 2.02. The first-order valence-corrected chi connectivity index (χ1v) is 7.91. The monoisotopic (exact) mass is 300 g/mol. The van der Waals surface area contributed by atoms with E-state index in [9.17, 15) is 9.59 Å². The van der Waals surface area contributed by atoms with Crippen LogP contribution < -0.4 is 11.5 Å². The Morgan fingerprint density at radius 3 is 1.43 bits per heavy atom. The molecule has 6 nitrogen and oxygen atoms in total. The number of nitrogens with zero attached hydrogens (tertiary/aromatic N) is 2. The van der Waals surface area contributed by atoms with Crippen molar-refractivity contribution in [1.29, 1.82) is 0 Å². The second-order valence-corrected chi connectivity index (χ2v) is 5.48. The fraction of sp³-hybridized carbons (Fsp3) is 0.867. The Hall–Kier alpha value is -1.14. The highest BCUT2D eigenvalue weighted by atomic mass is 16.2. The summed E-state index contributed by atoms with van der Waals surface area (Å²) in [5, 5.41) is 0. The average Bonchev–Trinajstić information content (AvgIpc) is 2.47. The van der Waals surface area contributed by atoms with Crippen LogP contribution in [0.1, 0.15) is 44.9 Å². The van der Waals surface area contributed by atoms with Crippen molar-refractivity contribution in [2.24, 2.45) is 11.5 Å². The number of hydrogen-bond donors (Lipinski definition) is 2. The lowest BCUT2D eigenvalue weighted by Gasteiger charge is -2.21. The van der Waals surface area contributed by atoms with Crippen LogP contribution in [-0.4, -0.2) is 61.9 Å². The van der Waals surface area contributed by atoms with Gasteiger partial charge >= 0.3 is 0 Å². The summed E-state index contributed by atoms with van der Waals surface area (Å²) in [4.78, 5) is 27.1. The Balaban J connectivity index is 3.75. The maximum atomic E-state index is 11.8. The fourth-order valence-electron chi connectivity index (χ4n) is 2.02. The van der Waals surface area contributed by atoms with Crippen LogP contribution in [0.2, 0.25) is 0 Å². The van der Waals surface area contributed by atoms with Crippen molar-refractivity contribution >= 4 is 11.8 Å². The number of amides is 2. The number of nitrogens with two attached hydrogens (primary N) is 2. The normalized spacial score (nSPS) is 10.5. The number of carbonyl (C=O) groups excluding carboxylic acids is 2. The summed E-state index contributed by atoms with van der Waals surface area (Å²) >= 11 is 0. The largest absolute Gasteiger partial charge is 0.346 e. The molecular formula is C15H32N4O2. The molecule has 124 valence electrons. The minimum Gasteiger partial charge on any atom is -0.346 e. The molecule has 0 aromatic carbocycles. The van der Waals surface area contributed by atoms with Gasteiger partial charge in [-0.1, -0.05) is 0 Å². The molecular weight excluding hydrogens is 268 g/mol. The predicted octanol–water partition coefficient (Wildman–Crippen LogP) is 0.551. The van der Waals surface area contributed by atoms with Gasteiger partial charge in [0, 0.05) is 40.0 Å². The van der Waals surface area contributed by atoms with Crippen molar-refractivity contribution in [3.8, 4) is 0 Å². The van der Waals surface area contributed by atoms with Gasteiger partial charge in [-0.05, 0) is 45.2 Å². The fourth-order valence-corrected chi connectivity index (χ4v) is 2.02. The first-order chi connectivity index (χ1) is 10.0. The molecule has 2 amide bonds. The number of unbranched alkanes of at least 4 members (excludes halogenated alkanes) is 2. The van der Waals surface area contributed by atoms with Gasteiger partial charge in [0.2, 0.25) is 11.8 Å². The third kappa shape index (κ3) is 10.3. The van der Waals surface area contributed by atoms with E-state index in [-0.39, 0.29) is 11.8 Å². The number of rotatable bonds is 12. The van der Waals surface area contributed by atoms with Gasteiger partial charge < -0.3 is 21.3 Å². The van der Waals surface area contributed by atoms with Crippen LogP contribution in [0.3, 0.4) is 0 Å². The summed E-state index contributed by atoms with van der Waals surface area (Å²) in [6, 6.07) is 0. The van der Waals surface area contributed by atoms with Crippen molar-refractivity contribution in [2.75, 3.05) is 40.3 Å². The minimum atomic E-state index is 0.153. The van der Waals surface area contributed by atoms with Crippen LogP contribution in [-0.2, 0) is 9.59 Å². The zero-order valence-electron chi connectivity index (χ0n) is 13.6. The van der Waals surface area contributed by atoms with E-state index in [0.29, 0.717) is 39.0 Å². The maximum Gasteiger partial charge on any atom is 0.222 e. The molecule has 0 saturated heterocycles. The van der Waals surface area contributed by atoms with E-state index in [4.69, 9.17) is 11.5 Å². The summed E-state index contributed by atoms with van der Waals surface area (Å²) in [5.74, 6) is 0.306. The van der Waals surface area contributed by atoms with Crippen molar-refractivity contribution < 1.29 is 9.59 Å². The molecule has 0 aliphatic carbocycles. The Labute approximate surface area is 128 Å². The van der Waals surface area contributed by atoms with Gasteiger partial charge in [-0.25, -0.2) is 0 Å². The third-order valence-corrected chi connectivity index (χ3v) is 3.53. The van der Waals surface area contributed by atoms with Crippen LogP contribution in [0, 0.1) is 0 Å². The van der Waals surface area contributed by atoms with E-state index in [1.165, 1.54) is 0 Å². The minimum absolute atomic E-state index is 0.153. The highest BCUT2D eigenvalue weighted by molar-refractivity contribution is 5.76. The lowest BCUT2D eigenvalue weighted by atomic mass is 10.2. The summed E-state index contributed by atoms with van der Waals surface area (Å²) in [5.41, 5.74) is 10.8. The van der Waals surface area contributed by atoms with Gasteiger partial charge in [-0.15, -0.1) is 0 Å². The van der Waals surface area contributed by atoms with Gasteiger partial charge in [-0.2, -0.15) is 0 Å². The Kier molecular flexibility index (Phi) is 11.9. The van der Waals surface area contributed by atoms with E-state index in [0.717, 1.165) is 32.1 Å². The summed E-state index contributed by atoms with van der Waals surface area (Å²) < 4.78 is 0. The molecule has 0 atom stereocenters. The van der Waals surface area contributed by atoms with Crippen molar-refractivity contribution in [3.05, 3.63) is 0 Å². The Bertz CT molecular complexity index is 269. The lowest BCUT2D eigenvalue weighted by Crippen LogP contribution is -2.32. The molecule has 0 heterocycles. The summed E-state index contributed by atoms with van der Waals surface area (Å²) in [6.45, 7) is 2.63. The quantitative estimate of drug-likeness (QED) is 0.515. The standard InChI is InChI=1S/C15H32N4O2/c1-18(14(20)8-3-5-10-16)12-7-13-19(2)15(21)9-4-6-11-17/h3-13,16-17H2,1-2H3. The van der Waals surface area contributed by atoms with Gasteiger partial charge in [0.25, 0.3) is 0 Å². The molecule has 0 bridgehead atoms. The molecule has 0 aromatic rings. The number of carbonyl (C=O) groups is 2. The van der Waals surface area contributed by atoms with Gasteiger partial charge in [0.1, 0.15) is 0 Å². The van der Waals surface area contributed by atoms with Crippen LogP contribution in [0.4, 0.5) is 0 Å². The third-order valence-electron chi connectivity index (χ3n) is 3.53. The SMILES string of the molecule is CN(CCCN(C)C(=O)CCCCN)C(=O)CCCCN. The second-order valence-electron chi connectivity index (χ2n) is 5.48. The molecule has 0 rings (SSSR count). The van der Waals surface area contributed by atoms with Crippen LogP contribution in [0.5, 0.6) is 0 Å². The van der Waals surface area contributed by atoms with Crippen LogP contribution in [0.25, 0.3) is 0 Å². The predicted molar refractivity (Wildman–Crippen MR) is 85.7 cm³/mol. The van der Waals surface area contributed by atoms with E-state index in [2.05, 4.69) is 0 Å². The van der Waals surface area contributed by atoms with Gasteiger partial charge in [-0.3, -0.25) is 9.59 Å². The Morgan fingerprint density at radius 1 is 0.714 bits per heavy atom. The molecule has 0 radical (unpaired) electrons. The van der Waals surface area contributed by atoms with E-state index in [1.807, 2.05) is 14.1 Å². The first kappa shape index (κ1) is 19.9. The van der Waals surface area contributed by atoms with E-state index in [1.54, 1.807) is 9.80 Å².